The third-order valence-corrected chi connectivity index (χ3v) is 3.97. The Bertz CT molecular complexity index is 632. The molecule has 22 heavy (non-hydrogen) atoms. The molecule has 0 saturated heterocycles. The zero-order chi connectivity index (χ0) is 15.4. The summed E-state index contributed by atoms with van der Waals surface area (Å²) in [5, 5.41) is 0. The van der Waals surface area contributed by atoms with Gasteiger partial charge in [0, 0.05) is 11.1 Å². The van der Waals surface area contributed by atoms with Crippen LogP contribution in [0.1, 0.15) is 30.4 Å². The van der Waals surface area contributed by atoms with Gasteiger partial charge >= 0.3 is 5.97 Å². The Hall–Kier alpha value is -2.42. The van der Waals surface area contributed by atoms with Crippen LogP contribution in [-0.4, -0.2) is 24.3 Å². The van der Waals surface area contributed by atoms with Gasteiger partial charge in [0.15, 0.2) is 0 Å². The second-order valence-corrected chi connectivity index (χ2v) is 5.67. The van der Waals surface area contributed by atoms with Gasteiger partial charge in [-0.05, 0) is 12.8 Å². The highest BCUT2D eigenvalue weighted by atomic mass is 16.5. The molecule has 1 aliphatic rings. The summed E-state index contributed by atoms with van der Waals surface area (Å²) < 4.78 is 4.81. The average molecular weight is 293 g/mol. The van der Waals surface area contributed by atoms with E-state index in [2.05, 4.69) is 24.3 Å². The predicted octanol–water partition coefficient (Wildman–Crippen LogP) is 3.62. The topological polar surface area (TPSA) is 38.7 Å². The van der Waals surface area contributed by atoms with Gasteiger partial charge in [0.05, 0.1) is 24.8 Å². The summed E-state index contributed by atoms with van der Waals surface area (Å²) in [5.41, 5.74) is 2.81. The molecule has 0 radical (unpaired) electrons. The van der Waals surface area contributed by atoms with Crippen molar-refractivity contribution in [1.29, 1.82) is 0 Å². The van der Waals surface area contributed by atoms with E-state index in [1.807, 2.05) is 36.4 Å². The van der Waals surface area contributed by atoms with Gasteiger partial charge in [-0.2, -0.15) is 0 Å². The van der Waals surface area contributed by atoms with Crippen molar-refractivity contribution in [1.82, 2.24) is 0 Å². The van der Waals surface area contributed by atoms with Crippen LogP contribution in [0.5, 0.6) is 0 Å². The average Bonchev–Trinajstić information content (AvgIpc) is 3.33. The lowest BCUT2D eigenvalue weighted by Crippen LogP contribution is -2.17. The highest BCUT2D eigenvalue weighted by Gasteiger charge is 2.45. The van der Waals surface area contributed by atoms with Crippen LogP contribution >= 0.6 is 0 Å². The Balaban J connectivity index is 2.00. The van der Waals surface area contributed by atoms with Crippen LogP contribution in [0.25, 0.3) is 0 Å². The first-order valence-electron chi connectivity index (χ1n) is 7.50. The lowest BCUT2D eigenvalue weighted by Gasteiger charge is -2.13. The lowest BCUT2D eigenvalue weighted by atomic mass is 10.0. The molecule has 3 rings (SSSR count). The Labute approximate surface area is 130 Å². The van der Waals surface area contributed by atoms with E-state index in [1.54, 1.807) is 0 Å². The van der Waals surface area contributed by atoms with Gasteiger partial charge in [0.1, 0.15) is 0 Å². The van der Waals surface area contributed by atoms with Gasteiger partial charge < -0.3 is 4.74 Å². The first-order valence-corrected chi connectivity index (χ1v) is 7.50. The maximum Gasteiger partial charge on any atom is 0.307 e. The van der Waals surface area contributed by atoms with Crippen molar-refractivity contribution >= 4 is 11.7 Å². The van der Waals surface area contributed by atoms with Crippen LogP contribution in [-0.2, 0) is 9.53 Å². The normalized spacial score (nSPS) is 15.0. The highest BCUT2D eigenvalue weighted by molar-refractivity contribution is 6.13. The highest BCUT2D eigenvalue weighted by Crippen LogP contribution is 2.44. The number of hydrogen-bond donors (Lipinski definition) is 0. The Morgan fingerprint density at radius 3 is 1.91 bits per heavy atom. The van der Waals surface area contributed by atoms with E-state index < -0.39 is 0 Å². The number of carbonyl (C=O) groups excluding carboxylic acids is 1. The number of aliphatic imine (C=N–C) groups is 1. The smallest absolute Gasteiger partial charge is 0.307 e. The van der Waals surface area contributed by atoms with E-state index in [-0.39, 0.29) is 11.5 Å². The molecule has 1 saturated carbocycles. The van der Waals surface area contributed by atoms with Gasteiger partial charge in [-0.15, -0.1) is 0 Å². The second kappa shape index (κ2) is 6.14. The van der Waals surface area contributed by atoms with Crippen molar-refractivity contribution in [3.05, 3.63) is 71.8 Å². The van der Waals surface area contributed by atoms with Crippen molar-refractivity contribution in [3.63, 3.8) is 0 Å². The van der Waals surface area contributed by atoms with Crippen LogP contribution in [0.15, 0.2) is 65.7 Å². The zero-order valence-electron chi connectivity index (χ0n) is 12.7. The van der Waals surface area contributed by atoms with E-state index in [4.69, 9.17) is 9.73 Å². The molecule has 0 spiro atoms. The summed E-state index contributed by atoms with van der Waals surface area (Å²) in [6, 6.07) is 20.2. The molecule has 1 aliphatic carbocycles. The van der Waals surface area contributed by atoms with Gasteiger partial charge in [0.25, 0.3) is 0 Å². The molecule has 0 amide bonds. The minimum absolute atomic E-state index is 0.193. The largest absolute Gasteiger partial charge is 0.469 e. The van der Waals surface area contributed by atoms with E-state index in [1.165, 1.54) is 7.11 Å². The number of nitrogens with zero attached hydrogens (tertiary/aromatic N) is 1. The predicted molar refractivity (Wildman–Crippen MR) is 87.1 cm³/mol. The molecule has 1 fully saturated rings. The van der Waals surface area contributed by atoms with Crippen LogP contribution < -0.4 is 0 Å². The Morgan fingerprint density at radius 2 is 1.50 bits per heavy atom. The number of carbonyl (C=O) groups is 1. The van der Waals surface area contributed by atoms with Gasteiger partial charge in [-0.3, -0.25) is 9.79 Å². The number of rotatable bonds is 5. The van der Waals surface area contributed by atoms with Crippen molar-refractivity contribution in [2.45, 2.75) is 24.8 Å². The molecular weight excluding hydrogens is 274 g/mol. The number of benzene rings is 2. The summed E-state index contributed by atoms with van der Waals surface area (Å²) in [6.07, 6.45) is 2.23. The zero-order valence-corrected chi connectivity index (χ0v) is 12.7. The Kier molecular flexibility index (Phi) is 4.05. The van der Waals surface area contributed by atoms with Crippen LogP contribution in [0.2, 0.25) is 0 Å². The molecule has 0 N–H and O–H groups in total. The van der Waals surface area contributed by atoms with Gasteiger partial charge in [-0.1, -0.05) is 60.7 Å². The minimum atomic E-state index is -0.284. The number of methoxy groups -OCH3 is 1. The SMILES string of the molecule is COC(=O)CC1(N=C(c2ccccc2)c2ccccc2)CC1. The number of hydrogen-bond acceptors (Lipinski definition) is 3. The Morgan fingerprint density at radius 1 is 1.00 bits per heavy atom. The molecule has 0 aliphatic heterocycles. The molecule has 2 aromatic rings. The van der Waals surface area contributed by atoms with Crippen LogP contribution in [0.3, 0.4) is 0 Å². The molecule has 0 heterocycles. The van der Waals surface area contributed by atoms with E-state index in [0.29, 0.717) is 6.42 Å². The summed E-state index contributed by atoms with van der Waals surface area (Å²) >= 11 is 0. The van der Waals surface area contributed by atoms with Crippen molar-refractivity contribution in [2.24, 2.45) is 4.99 Å². The minimum Gasteiger partial charge on any atom is -0.469 e. The third-order valence-electron chi connectivity index (χ3n) is 3.97. The molecule has 3 heteroatoms. The molecular formula is C19H19NO2. The van der Waals surface area contributed by atoms with Crippen LogP contribution in [0, 0.1) is 0 Å². The molecule has 0 bridgehead atoms. The first-order chi connectivity index (χ1) is 10.7. The summed E-state index contributed by atoms with van der Waals surface area (Å²) in [6.45, 7) is 0. The van der Waals surface area contributed by atoms with Gasteiger partial charge in [0.2, 0.25) is 0 Å². The maximum atomic E-state index is 11.6. The third kappa shape index (κ3) is 3.25. The fourth-order valence-corrected chi connectivity index (χ4v) is 2.54. The standard InChI is InChI=1S/C19H19NO2/c1-22-17(21)14-19(12-13-19)20-18(15-8-4-2-5-9-15)16-10-6-3-7-11-16/h2-11H,12-14H2,1H3. The summed E-state index contributed by atoms with van der Waals surface area (Å²) in [7, 11) is 1.43. The molecule has 112 valence electrons. The lowest BCUT2D eigenvalue weighted by molar-refractivity contribution is -0.141. The van der Waals surface area contributed by atoms with E-state index >= 15 is 0 Å². The monoisotopic (exact) mass is 293 g/mol. The van der Waals surface area contributed by atoms with Crippen LogP contribution in [0.4, 0.5) is 0 Å². The van der Waals surface area contributed by atoms with Crippen molar-refractivity contribution < 1.29 is 9.53 Å². The van der Waals surface area contributed by atoms with E-state index in [0.717, 1.165) is 29.7 Å². The quantitative estimate of drug-likeness (QED) is 0.624. The fraction of sp³-hybridized carbons (Fsp3) is 0.263. The molecule has 0 aromatic heterocycles. The number of esters is 1. The maximum absolute atomic E-state index is 11.6. The van der Waals surface area contributed by atoms with E-state index in [9.17, 15) is 4.79 Å². The summed E-state index contributed by atoms with van der Waals surface area (Å²) in [5.74, 6) is -0.193. The molecule has 0 unspecified atom stereocenters. The van der Waals surface area contributed by atoms with Gasteiger partial charge in [-0.25, -0.2) is 0 Å². The fourth-order valence-electron chi connectivity index (χ4n) is 2.54. The molecule has 0 atom stereocenters. The molecule has 3 nitrogen and oxygen atoms in total. The van der Waals surface area contributed by atoms with Crippen molar-refractivity contribution in [3.8, 4) is 0 Å². The molecule has 2 aromatic carbocycles. The number of ether oxygens (including phenoxy) is 1. The van der Waals surface area contributed by atoms with Crippen molar-refractivity contribution in [2.75, 3.05) is 7.11 Å². The summed E-state index contributed by atoms with van der Waals surface area (Å²) in [4.78, 5) is 16.6. The second-order valence-electron chi connectivity index (χ2n) is 5.67. The first kappa shape index (κ1) is 14.5.